The molecule has 25 heavy (non-hydrogen) atoms. The maximum absolute atomic E-state index is 13.7. The number of nitriles is 1. The summed E-state index contributed by atoms with van der Waals surface area (Å²) >= 11 is 3.22. The lowest BCUT2D eigenvalue weighted by Crippen LogP contribution is -2.28. The van der Waals surface area contributed by atoms with Crippen molar-refractivity contribution in [2.45, 2.75) is 26.8 Å². The summed E-state index contributed by atoms with van der Waals surface area (Å²) in [7, 11) is 0. The van der Waals surface area contributed by atoms with E-state index in [9.17, 15) is 14.4 Å². The molecule has 2 rings (SSSR count). The van der Waals surface area contributed by atoms with Gasteiger partial charge in [-0.05, 0) is 47.1 Å². The van der Waals surface area contributed by atoms with E-state index in [0.717, 1.165) is 0 Å². The summed E-state index contributed by atoms with van der Waals surface area (Å²) in [6.07, 6.45) is 1.38. The van der Waals surface area contributed by atoms with Crippen molar-refractivity contribution in [3.63, 3.8) is 0 Å². The van der Waals surface area contributed by atoms with Crippen LogP contribution in [0.3, 0.4) is 0 Å². The zero-order chi connectivity index (χ0) is 18.8. The number of carbonyl (C=O) groups is 1. The van der Waals surface area contributed by atoms with Gasteiger partial charge in [0, 0.05) is 5.56 Å². The molecule has 1 heterocycles. The van der Waals surface area contributed by atoms with Crippen molar-refractivity contribution in [2.24, 2.45) is 0 Å². The second-order valence-electron chi connectivity index (χ2n) is 4.77. The molecule has 0 radical (unpaired) electrons. The molecule has 1 aromatic carbocycles. The topological polar surface area (TPSA) is 65.8 Å². The Morgan fingerprint density at radius 1 is 1.28 bits per heavy atom. The van der Waals surface area contributed by atoms with Crippen LogP contribution >= 0.6 is 15.9 Å². The van der Waals surface area contributed by atoms with Crippen LogP contribution in [0.25, 0.3) is 6.08 Å². The normalized spacial score (nSPS) is 11.6. The van der Waals surface area contributed by atoms with Crippen molar-refractivity contribution >= 4 is 27.9 Å². The van der Waals surface area contributed by atoms with Gasteiger partial charge in [0.2, 0.25) is 0 Å². The van der Waals surface area contributed by atoms with Crippen LogP contribution in [0.2, 0.25) is 0 Å². The van der Waals surface area contributed by atoms with Crippen molar-refractivity contribution < 1.29 is 9.18 Å². The Balaban J connectivity index is 0.00000151. The van der Waals surface area contributed by atoms with E-state index in [1.54, 1.807) is 43.3 Å². The number of nitrogens with one attached hydrogen (secondary N) is 1. The van der Waals surface area contributed by atoms with Crippen molar-refractivity contribution in [1.29, 1.82) is 5.26 Å². The SMILES string of the molecule is CC.CC(NC(=O)/C(C#N)=C/c1cccc(Br)n1)c1ccccc1F. The van der Waals surface area contributed by atoms with Crippen molar-refractivity contribution in [1.82, 2.24) is 10.3 Å². The Hall–Kier alpha value is -2.52. The quantitative estimate of drug-likeness (QED) is 0.453. The minimum atomic E-state index is -0.579. The van der Waals surface area contributed by atoms with Crippen LogP contribution in [-0.4, -0.2) is 10.9 Å². The molecular weight excluding hydrogens is 385 g/mol. The average Bonchev–Trinajstić information content (AvgIpc) is 2.61. The van der Waals surface area contributed by atoms with E-state index in [2.05, 4.69) is 26.2 Å². The third-order valence-electron chi connectivity index (χ3n) is 3.11. The summed E-state index contributed by atoms with van der Waals surface area (Å²) in [4.78, 5) is 16.3. The van der Waals surface area contributed by atoms with Crippen molar-refractivity contribution in [3.05, 3.63) is 69.7 Å². The Morgan fingerprint density at radius 3 is 2.56 bits per heavy atom. The number of amides is 1. The van der Waals surface area contributed by atoms with E-state index in [1.807, 2.05) is 19.9 Å². The number of aromatic nitrogens is 1. The van der Waals surface area contributed by atoms with E-state index in [-0.39, 0.29) is 5.57 Å². The molecule has 0 aliphatic carbocycles. The first kappa shape index (κ1) is 20.5. The fraction of sp³-hybridized carbons (Fsp3) is 0.211. The first-order valence-corrected chi connectivity index (χ1v) is 8.60. The highest BCUT2D eigenvalue weighted by atomic mass is 79.9. The van der Waals surface area contributed by atoms with E-state index >= 15 is 0 Å². The predicted molar refractivity (Wildman–Crippen MR) is 99.8 cm³/mol. The Labute approximate surface area is 155 Å². The zero-order valence-corrected chi connectivity index (χ0v) is 15.8. The molecule has 0 bridgehead atoms. The van der Waals surface area contributed by atoms with Crippen molar-refractivity contribution in [3.8, 4) is 6.07 Å². The molecule has 0 aliphatic heterocycles. The molecule has 1 N–H and O–H groups in total. The Kier molecular flexibility index (Phi) is 8.51. The van der Waals surface area contributed by atoms with Crippen LogP contribution in [0.4, 0.5) is 4.39 Å². The maximum Gasteiger partial charge on any atom is 0.262 e. The van der Waals surface area contributed by atoms with Gasteiger partial charge in [-0.1, -0.05) is 38.1 Å². The summed E-state index contributed by atoms with van der Waals surface area (Å²) in [5.41, 5.74) is 0.738. The number of carbonyl (C=O) groups excluding carboxylic acids is 1. The molecule has 1 amide bonds. The highest BCUT2D eigenvalue weighted by Gasteiger charge is 2.16. The van der Waals surface area contributed by atoms with E-state index < -0.39 is 17.8 Å². The van der Waals surface area contributed by atoms with Crippen LogP contribution < -0.4 is 5.32 Å². The molecule has 6 heteroatoms. The molecule has 1 atom stereocenters. The summed E-state index contributed by atoms with van der Waals surface area (Å²) in [5.74, 6) is -0.985. The van der Waals surface area contributed by atoms with Gasteiger partial charge in [0.1, 0.15) is 22.1 Å². The molecular formula is C19H19BrFN3O. The number of nitrogens with zero attached hydrogens (tertiary/aromatic N) is 2. The fourth-order valence-corrected chi connectivity index (χ4v) is 2.34. The molecule has 130 valence electrons. The first-order chi connectivity index (χ1) is 12.0. The zero-order valence-electron chi connectivity index (χ0n) is 14.3. The minimum absolute atomic E-state index is 0.0983. The smallest absolute Gasteiger partial charge is 0.262 e. The molecule has 4 nitrogen and oxygen atoms in total. The number of halogens is 2. The van der Waals surface area contributed by atoms with Crippen LogP contribution in [0.5, 0.6) is 0 Å². The molecule has 2 aromatic rings. The predicted octanol–water partition coefficient (Wildman–Crippen LogP) is 4.79. The van der Waals surface area contributed by atoms with Gasteiger partial charge < -0.3 is 5.32 Å². The molecule has 0 saturated carbocycles. The van der Waals surface area contributed by atoms with Gasteiger partial charge in [0.25, 0.3) is 5.91 Å². The fourth-order valence-electron chi connectivity index (χ4n) is 1.98. The van der Waals surface area contributed by atoms with E-state index in [0.29, 0.717) is 15.9 Å². The number of hydrogen-bond acceptors (Lipinski definition) is 3. The number of hydrogen-bond donors (Lipinski definition) is 1. The molecule has 0 spiro atoms. The van der Waals surface area contributed by atoms with Gasteiger partial charge in [0.15, 0.2) is 0 Å². The molecule has 1 aromatic heterocycles. The molecule has 1 unspecified atom stereocenters. The van der Waals surface area contributed by atoms with Gasteiger partial charge in [-0.25, -0.2) is 9.37 Å². The van der Waals surface area contributed by atoms with Crippen LogP contribution in [0.1, 0.15) is 38.1 Å². The average molecular weight is 404 g/mol. The third-order valence-corrected chi connectivity index (χ3v) is 3.55. The summed E-state index contributed by atoms with van der Waals surface area (Å²) in [5, 5.41) is 11.8. The summed E-state index contributed by atoms with van der Waals surface area (Å²) in [6, 6.07) is 12.6. The highest BCUT2D eigenvalue weighted by Crippen LogP contribution is 2.17. The van der Waals surface area contributed by atoms with Gasteiger partial charge in [-0.15, -0.1) is 0 Å². The third kappa shape index (κ3) is 6.12. The van der Waals surface area contributed by atoms with Gasteiger partial charge in [-0.2, -0.15) is 5.26 Å². The second kappa shape index (κ2) is 10.4. The molecule has 0 fully saturated rings. The Bertz CT molecular complexity index is 799. The lowest BCUT2D eigenvalue weighted by atomic mass is 10.1. The Morgan fingerprint density at radius 2 is 1.96 bits per heavy atom. The van der Waals surface area contributed by atoms with E-state index in [1.165, 1.54) is 12.1 Å². The lowest BCUT2D eigenvalue weighted by Gasteiger charge is -2.14. The van der Waals surface area contributed by atoms with Crippen molar-refractivity contribution in [2.75, 3.05) is 0 Å². The highest BCUT2D eigenvalue weighted by molar-refractivity contribution is 9.10. The summed E-state index contributed by atoms with van der Waals surface area (Å²) < 4.78 is 14.3. The molecule has 0 aliphatic rings. The number of pyridine rings is 1. The minimum Gasteiger partial charge on any atom is -0.345 e. The summed E-state index contributed by atoms with van der Waals surface area (Å²) in [6.45, 7) is 5.66. The molecule has 0 saturated heterocycles. The number of rotatable bonds is 4. The second-order valence-corrected chi connectivity index (χ2v) is 5.58. The first-order valence-electron chi connectivity index (χ1n) is 7.81. The standard InChI is InChI=1S/C17H13BrFN3O.C2H6/c1-11(14-6-2-3-7-15(14)19)21-17(23)12(10-20)9-13-5-4-8-16(18)22-13;1-2/h2-9,11H,1H3,(H,21,23);1-2H3/b12-9+;. The maximum atomic E-state index is 13.7. The largest absolute Gasteiger partial charge is 0.345 e. The number of benzene rings is 1. The van der Waals surface area contributed by atoms with Gasteiger partial charge in [0.05, 0.1) is 11.7 Å². The van der Waals surface area contributed by atoms with Crippen LogP contribution in [-0.2, 0) is 4.79 Å². The lowest BCUT2D eigenvalue weighted by molar-refractivity contribution is -0.117. The van der Waals surface area contributed by atoms with Gasteiger partial charge in [-0.3, -0.25) is 4.79 Å². The van der Waals surface area contributed by atoms with Crippen LogP contribution in [0, 0.1) is 17.1 Å². The monoisotopic (exact) mass is 403 g/mol. The van der Waals surface area contributed by atoms with Gasteiger partial charge >= 0.3 is 0 Å². The van der Waals surface area contributed by atoms with Crippen LogP contribution in [0.15, 0.2) is 52.6 Å². The van der Waals surface area contributed by atoms with E-state index in [4.69, 9.17) is 0 Å².